The van der Waals surface area contributed by atoms with Crippen molar-refractivity contribution in [3.63, 3.8) is 0 Å². The Morgan fingerprint density at radius 1 is 1.00 bits per heavy atom. The molecule has 0 radical (unpaired) electrons. The van der Waals surface area contributed by atoms with E-state index in [1.54, 1.807) is 24.3 Å². The first-order chi connectivity index (χ1) is 16.4. The number of aliphatic hydroxyl groups excluding tert-OH is 1. The second-order valence-electron chi connectivity index (χ2n) is 8.16. The molecule has 170 valence electrons. The summed E-state index contributed by atoms with van der Waals surface area (Å²) in [5.74, 6) is -2.28. The first-order valence-corrected chi connectivity index (χ1v) is 11.2. The lowest BCUT2D eigenvalue weighted by Crippen LogP contribution is -2.31. The minimum Gasteiger partial charge on any atom is -0.507 e. The molecule has 1 amide bonds. The minimum absolute atomic E-state index is 0.0298. The summed E-state index contributed by atoms with van der Waals surface area (Å²) in [5.41, 5.74) is 2.88. The molecule has 3 aromatic carbocycles. The summed E-state index contributed by atoms with van der Waals surface area (Å²) in [6.07, 6.45) is 2.41. The number of para-hydroxylation sites is 1. The summed E-state index contributed by atoms with van der Waals surface area (Å²) >= 11 is 6.06. The molecule has 4 aromatic rings. The monoisotopic (exact) mass is 474 g/mol. The zero-order valence-electron chi connectivity index (χ0n) is 18.0. The van der Waals surface area contributed by atoms with Crippen LogP contribution in [-0.2, 0) is 16.0 Å². The van der Waals surface area contributed by atoms with Crippen molar-refractivity contribution < 1.29 is 19.1 Å². The van der Waals surface area contributed by atoms with Crippen molar-refractivity contribution in [2.75, 3.05) is 6.54 Å². The molecule has 0 aliphatic carbocycles. The molecule has 1 unspecified atom stereocenters. The topological polar surface area (TPSA) is 73.4 Å². The van der Waals surface area contributed by atoms with Gasteiger partial charge in [-0.2, -0.15) is 0 Å². The summed E-state index contributed by atoms with van der Waals surface area (Å²) in [5, 5.41) is 12.6. The Labute approximate surface area is 200 Å². The minimum atomic E-state index is -0.799. The van der Waals surface area contributed by atoms with E-state index in [0.29, 0.717) is 17.0 Å². The van der Waals surface area contributed by atoms with Gasteiger partial charge in [0.15, 0.2) is 0 Å². The Hall–Kier alpha value is -3.90. The zero-order chi connectivity index (χ0) is 23.8. The van der Waals surface area contributed by atoms with Crippen molar-refractivity contribution in [2.24, 2.45) is 0 Å². The third-order valence-electron chi connectivity index (χ3n) is 6.14. The number of aromatic nitrogens is 1. The number of likely N-dealkylation sites (tertiary alicyclic amines) is 1. The van der Waals surface area contributed by atoms with Crippen LogP contribution in [0.3, 0.4) is 0 Å². The average molecular weight is 475 g/mol. The first-order valence-electron chi connectivity index (χ1n) is 10.8. The van der Waals surface area contributed by atoms with Gasteiger partial charge in [-0.15, -0.1) is 0 Å². The van der Waals surface area contributed by atoms with E-state index in [9.17, 15) is 19.1 Å². The van der Waals surface area contributed by atoms with Gasteiger partial charge in [0.1, 0.15) is 11.6 Å². The van der Waals surface area contributed by atoms with Crippen LogP contribution in [0.1, 0.15) is 22.7 Å². The van der Waals surface area contributed by atoms with Crippen LogP contribution in [0.5, 0.6) is 0 Å². The quantitative estimate of drug-likeness (QED) is 0.224. The predicted molar refractivity (Wildman–Crippen MR) is 129 cm³/mol. The van der Waals surface area contributed by atoms with Gasteiger partial charge in [0, 0.05) is 34.2 Å². The number of aromatic amines is 1. The van der Waals surface area contributed by atoms with E-state index in [1.165, 1.54) is 29.2 Å². The smallest absolute Gasteiger partial charge is 0.295 e. The Bertz CT molecular complexity index is 1420. The molecule has 2 heterocycles. The molecule has 1 atom stereocenters. The highest BCUT2D eigenvalue weighted by atomic mass is 35.5. The SMILES string of the molecule is O=C1C(=O)N(CCc2c[nH]c3ccccc23)C(c2ccc(Cl)cc2)C1=C(O)c1ccc(F)cc1. The lowest BCUT2D eigenvalue weighted by atomic mass is 9.95. The number of ketones is 1. The van der Waals surface area contributed by atoms with Gasteiger partial charge in [-0.05, 0) is 60.0 Å². The van der Waals surface area contributed by atoms with Gasteiger partial charge < -0.3 is 15.0 Å². The number of rotatable bonds is 5. The first kappa shape index (κ1) is 21.9. The van der Waals surface area contributed by atoms with Crippen LogP contribution in [0, 0.1) is 5.82 Å². The molecule has 0 saturated carbocycles. The lowest BCUT2D eigenvalue weighted by Gasteiger charge is -2.25. The molecule has 2 N–H and O–H groups in total. The zero-order valence-corrected chi connectivity index (χ0v) is 18.7. The number of fused-ring (bicyclic) bond motifs is 1. The molecule has 0 spiro atoms. The maximum absolute atomic E-state index is 13.4. The Kier molecular flexibility index (Phi) is 5.67. The van der Waals surface area contributed by atoms with E-state index in [0.717, 1.165) is 16.5 Å². The van der Waals surface area contributed by atoms with Gasteiger partial charge in [-0.25, -0.2) is 4.39 Å². The van der Waals surface area contributed by atoms with E-state index in [-0.39, 0.29) is 23.4 Å². The normalized spacial score (nSPS) is 17.6. The molecule has 7 heteroatoms. The van der Waals surface area contributed by atoms with Crippen molar-refractivity contribution in [3.8, 4) is 0 Å². The van der Waals surface area contributed by atoms with Gasteiger partial charge >= 0.3 is 0 Å². The van der Waals surface area contributed by atoms with Crippen LogP contribution in [0.4, 0.5) is 4.39 Å². The van der Waals surface area contributed by atoms with E-state index in [1.807, 2.05) is 30.5 Å². The number of Topliss-reactive ketones (excluding diaryl/α,β-unsaturated/α-hetero) is 1. The van der Waals surface area contributed by atoms with Crippen LogP contribution < -0.4 is 0 Å². The number of hydrogen-bond donors (Lipinski definition) is 2. The van der Waals surface area contributed by atoms with Crippen molar-refractivity contribution in [3.05, 3.63) is 112 Å². The predicted octanol–water partition coefficient (Wildman–Crippen LogP) is 5.62. The standard InChI is InChI=1S/C27H20ClFN2O3/c28-19-9-5-16(6-10-19)24-23(25(32)17-7-11-20(29)12-8-17)26(33)27(34)31(24)14-13-18-15-30-22-4-2-1-3-21(18)22/h1-12,15,24,30,32H,13-14H2. The highest BCUT2D eigenvalue weighted by Crippen LogP contribution is 2.40. The van der Waals surface area contributed by atoms with E-state index >= 15 is 0 Å². The van der Waals surface area contributed by atoms with Crippen molar-refractivity contribution in [2.45, 2.75) is 12.5 Å². The summed E-state index contributed by atoms with van der Waals surface area (Å²) in [4.78, 5) is 30.9. The lowest BCUT2D eigenvalue weighted by molar-refractivity contribution is -0.139. The Morgan fingerprint density at radius 3 is 2.44 bits per heavy atom. The molecule has 1 saturated heterocycles. The molecule has 1 aliphatic heterocycles. The van der Waals surface area contributed by atoms with Gasteiger partial charge in [0.2, 0.25) is 0 Å². The summed E-state index contributed by atoms with van der Waals surface area (Å²) in [6, 6.07) is 19.0. The van der Waals surface area contributed by atoms with Crippen LogP contribution in [-0.4, -0.2) is 33.2 Å². The highest BCUT2D eigenvalue weighted by molar-refractivity contribution is 6.46. The Morgan fingerprint density at radius 2 is 1.71 bits per heavy atom. The fraction of sp³-hybridized carbons (Fsp3) is 0.111. The van der Waals surface area contributed by atoms with Crippen LogP contribution in [0.2, 0.25) is 5.02 Å². The molecule has 0 bridgehead atoms. The molecule has 1 fully saturated rings. The van der Waals surface area contributed by atoms with Gasteiger partial charge in [-0.3, -0.25) is 9.59 Å². The van der Waals surface area contributed by atoms with Crippen molar-refractivity contribution in [1.82, 2.24) is 9.88 Å². The third-order valence-corrected chi connectivity index (χ3v) is 6.39. The average Bonchev–Trinajstić information content (AvgIpc) is 3.37. The molecule has 5 nitrogen and oxygen atoms in total. The van der Waals surface area contributed by atoms with Crippen molar-refractivity contribution >= 4 is 40.0 Å². The fourth-order valence-corrected chi connectivity index (χ4v) is 4.57. The molecule has 1 aromatic heterocycles. The van der Waals surface area contributed by atoms with Crippen molar-refractivity contribution in [1.29, 1.82) is 0 Å². The number of hydrogen-bond acceptors (Lipinski definition) is 3. The molecular weight excluding hydrogens is 455 g/mol. The second-order valence-corrected chi connectivity index (χ2v) is 8.60. The largest absolute Gasteiger partial charge is 0.507 e. The number of halogens is 2. The number of nitrogens with one attached hydrogen (secondary N) is 1. The van der Waals surface area contributed by atoms with E-state index in [4.69, 9.17) is 11.6 Å². The molecule has 34 heavy (non-hydrogen) atoms. The third kappa shape index (κ3) is 3.86. The number of H-pyrrole nitrogens is 1. The number of carbonyl (C=O) groups is 2. The van der Waals surface area contributed by atoms with Crippen LogP contribution >= 0.6 is 11.6 Å². The summed E-state index contributed by atoms with van der Waals surface area (Å²) in [6.45, 7) is 0.264. The molecule has 1 aliphatic rings. The molecule has 5 rings (SSSR count). The maximum Gasteiger partial charge on any atom is 0.295 e. The molecular formula is C27H20ClFN2O3. The van der Waals surface area contributed by atoms with Gasteiger partial charge in [0.05, 0.1) is 11.6 Å². The number of benzene rings is 3. The summed E-state index contributed by atoms with van der Waals surface area (Å²) < 4.78 is 13.4. The Balaban J connectivity index is 1.56. The fourth-order valence-electron chi connectivity index (χ4n) is 4.44. The van der Waals surface area contributed by atoms with Gasteiger partial charge in [0.25, 0.3) is 11.7 Å². The van der Waals surface area contributed by atoms with Crippen LogP contribution in [0.15, 0.2) is 84.6 Å². The second kappa shape index (κ2) is 8.80. The number of aliphatic hydroxyl groups is 1. The van der Waals surface area contributed by atoms with E-state index in [2.05, 4.69) is 4.98 Å². The van der Waals surface area contributed by atoms with Crippen LogP contribution in [0.25, 0.3) is 16.7 Å². The van der Waals surface area contributed by atoms with E-state index < -0.39 is 23.5 Å². The summed E-state index contributed by atoms with van der Waals surface area (Å²) in [7, 11) is 0. The maximum atomic E-state index is 13.4. The number of nitrogens with zero attached hydrogens (tertiary/aromatic N) is 1. The number of amides is 1. The van der Waals surface area contributed by atoms with Gasteiger partial charge in [-0.1, -0.05) is 41.9 Å². The number of carbonyl (C=O) groups excluding carboxylic acids is 2. The highest BCUT2D eigenvalue weighted by Gasteiger charge is 2.45.